The fraction of sp³-hybridized carbons (Fsp3) is 0.333. The number of carbonyl (C=O) groups excluding carboxylic acids is 2. The summed E-state index contributed by atoms with van der Waals surface area (Å²) >= 11 is 0. The summed E-state index contributed by atoms with van der Waals surface area (Å²) in [6, 6.07) is 24.0. The van der Waals surface area contributed by atoms with Gasteiger partial charge in [0.2, 0.25) is 5.78 Å². The van der Waals surface area contributed by atoms with Crippen molar-refractivity contribution < 1.29 is 14.3 Å². The highest BCUT2D eigenvalue weighted by Gasteiger charge is 2.36. The molecule has 3 nitrogen and oxygen atoms in total. The van der Waals surface area contributed by atoms with E-state index in [1.165, 1.54) is 35.1 Å². The predicted molar refractivity (Wildman–Crippen MR) is 147 cm³/mol. The van der Waals surface area contributed by atoms with Gasteiger partial charge in [0.25, 0.3) is 0 Å². The standard InChI is InChI=1S/C33H36O3/c1-23(27-14-15-28-29(21-27)33(4,5)17-16-32(28,2)3)18-25-12-9-13-26(19-25)20-30(34)31(35)36-22-24-10-7-6-8-11-24/h6-15,18-19,21H,16-17,20,22H2,1-5H3/b23-18+. The molecule has 0 saturated heterocycles. The van der Waals surface area contributed by atoms with Crippen molar-refractivity contribution in [1.82, 2.24) is 0 Å². The van der Waals surface area contributed by atoms with E-state index in [1.807, 2.05) is 54.6 Å². The Morgan fingerprint density at radius 2 is 1.47 bits per heavy atom. The Hall–Kier alpha value is -3.46. The van der Waals surface area contributed by atoms with E-state index >= 15 is 0 Å². The average Bonchev–Trinajstić information content (AvgIpc) is 2.86. The van der Waals surface area contributed by atoms with Gasteiger partial charge in [0.1, 0.15) is 6.61 Å². The molecule has 0 unspecified atom stereocenters. The number of fused-ring (bicyclic) bond motifs is 1. The highest BCUT2D eigenvalue weighted by molar-refractivity contribution is 6.34. The number of hydrogen-bond donors (Lipinski definition) is 0. The minimum absolute atomic E-state index is 0.0243. The maximum absolute atomic E-state index is 12.4. The minimum Gasteiger partial charge on any atom is -0.455 e. The minimum atomic E-state index is -0.796. The number of esters is 1. The number of hydrogen-bond acceptors (Lipinski definition) is 3. The first kappa shape index (κ1) is 25.6. The Kier molecular flexibility index (Phi) is 7.31. The second kappa shape index (κ2) is 10.3. The van der Waals surface area contributed by atoms with Crippen LogP contribution in [0.4, 0.5) is 0 Å². The van der Waals surface area contributed by atoms with Crippen molar-refractivity contribution in [2.24, 2.45) is 0 Å². The maximum Gasteiger partial charge on any atom is 0.375 e. The molecule has 0 N–H and O–H groups in total. The number of rotatable bonds is 7. The summed E-state index contributed by atoms with van der Waals surface area (Å²) in [5, 5.41) is 0. The molecule has 0 spiro atoms. The lowest BCUT2D eigenvalue weighted by molar-refractivity contribution is -0.154. The van der Waals surface area contributed by atoms with Crippen LogP contribution in [0.1, 0.15) is 80.8 Å². The topological polar surface area (TPSA) is 43.4 Å². The van der Waals surface area contributed by atoms with Crippen molar-refractivity contribution in [2.75, 3.05) is 0 Å². The number of carbonyl (C=O) groups is 2. The third-order valence-corrected chi connectivity index (χ3v) is 7.45. The van der Waals surface area contributed by atoms with Crippen LogP contribution in [0.2, 0.25) is 0 Å². The van der Waals surface area contributed by atoms with Crippen molar-refractivity contribution >= 4 is 23.4 Å². The SMILES string of the molecule is C/C(=C\c1cccc(CC(=O)C(=O)OCc2ccccc2)c1)c1ccc2c(c1)C(C)(C)CCC2(C)C. The summed E-state index contributed by atoms with van der Waals surface area (Å²) in [5.41, 5.74) is 8.30. The fourth-order valence-corrected chi connectivity index (χ4v) is 5.02. The number of benzene rings is 3. The Morgan fingerprint density at radius 3 is 2.19 bits per heavy atom. The molecular weight excluding hydrogens is 444 g/mol. The largest absolute Gasteiger partial charge is 0.455 e. The zero-order valence-electron chi connectivity index (χ0n) is 22.1. The summed E-state index contributed by atoms with van der Waals surface area (Å²) in [6.07, 6.45) is 4.55. The van der Waals surface area contributed by atoms with Crippen LogP contribution < -0.4 is 0 Å². The molecule has 36 heavy (non-hydrogen) atoms. The van der Waals surface area contributed by atoms with Crippen LogP contribution in [0.25, 0.3) is 11.6 Å². The third-order valence-electron chi connectivity index (χ3n) is 7.45. The molecule has 3 aromatic rings. The van der Waals surface area contributed by atoms with Crippen LogP contribution in [0, 0.1) is 0 Å². The first-order valence-electron chi connectivity index (χ1n) is 12.7. The van der Waals surface area contributed by atoms with Gasteiger partial charge < -0.3 is 4.74 Å². The first-order valence-corrected chi connectivity index (χ1v) is 12.7. The average molecular weight is 481 g/mol. The van der Waals surface area contributed by atoms with Crippen LogP contribution >= 0.6 is 0 Å². The molecule has 186 valence electrons. The fourth-order valence-electron chi connectivity index (χ4n) is 5.02. The summed E-state index contributed by atoms with van der Waals surface area (Å²) in [6.45, 7) is 11.6. The van der Waals surface area contributed by atoms with E-state index in [2.05, 4.69) is 58.9 Å². The molecule has 1 aliphatic rings. The van der Waals surface area contributed by atoms with Crippen molar-refractivity contribution in [1.29, 1.82) is 0 Å². The van der Waals surface area contributed by atoms with Gasteiger partial charge in [-0.25, -0.2) is 4.79 Å². The summed E-state index contributed by atoms with van der Waals surface area (Å²) in [4.78, 5) is 24.6. The summed E-state index contributed by atoms with van der Waals surface area (Å²) in [7, 11) is 0. The zero-order chi connectivity index (χ0) is 25.9. The van der Waals surface area contributed by atoms with E-state index in [0.29, 0.717) is 0 Å². The molecule has 0 atom stereocenters. The Morgan fingerprint density at radius 1 is 0.806 bits per heavy atom. The smallest absolute Gasteiger partial charge is 0.375 e. The molecule has 0 bridgehead atoms. The van der Waals surface area contributed by atoms with Crippen molar-refractivity contribution in [3.63, 3.8) is 0 Å². The van der Waals surface area contributed by atoms with E-state index < -0.39 is 11.8 Å². The van der Waals surface area contributed by atoms with E-state index in [9.17, 15) is 9.59 Å². The summed E-state index contributed by atoms with van der Waals surface area (Å²) < 4.78 is 5.19. The molecular formula is C33H36O3. The Balaban J connectivity index is 1.47. The maximum atomic E-state index is 12.4. The number of ether oxygens (including phenoxy) is 1. The highest BCUT2D eigenvalue weighted by atomic mass is 16.5. The van der Waals surface area contributed by atoms with Gasteiger partial charge in [0.05, 0.1) is 0 Å². The number of ketones is 1. The molecule has 0 radical (unpaired) electrons. The molecule has 0 aliphatic heterocycles. The molecule has 0 aromatic heterocycles. The quantitative estimate of drug-likeness (QED) is 0.200. The lowest BCUT2D eigenvalue weighted by Crippen LogP contribution is -2.33. The van der Waals surface area contributed by atoms with Crippen LogP contribution in [0.5, 0.6) is 0 Å². The lowest BCUT2D eigenvalue weighted by Gasteiger charge is -2.42. The van der Waals surface area contributed by atoms with Gasteiger partial charge in [0, 0.05) is 6.42 Å². The van der Waals surface area contributed by atoms with E-state index in [4.69, 9.17) is 4.74 Å². The second-order valence-electron chi connectivity index (χ2n) is 11.3. The molecule has 0 amide bonds. The van der Waals surface area contributed by atoms with E-state index in [0.717, 1.165) is 16.7 Å². The van der Waals surface area contributed by atoms with Crippen LogP contribution in [0.3, 0.4) is 0 Å². The second-order valence-corrected chi connectivity index (χ2v) is 11.3. The molecule has 0 fully saturated rings. The third kappa shape index (κ3) is 5.84. The van der Waals surface area contributed by atoms with Gasteiger partial charge >= 0.3 is 5.97 Å². The van der Waals surface area contributed by atoms with Crippen molar-refractivity contribution in [3.8, 4) is 0 Å². The van der Waals surface area contributed by atoms with E-state index in [-0.39, 0.29) is 23.9 Å². The van der Waals surface area contributed by atoms with Crippen molar-refractivity contribution in [3.05, 3.63) is 106 Å². The molecule has 3 heteroatoms. The monoisotopic (exact) mass is 480 g/mol. The summed E-state index contributed by atoms with van der Waals surface area (Å²) in [5.74, 6) is -1.33. The van der Waals surface area contributed by atoms with Crippen LogP contribution in [-0.2, 0) is 38.2 Å². The molecule has 0 saturated carbocycles. The van der Waals surface area contributed by atoms with Gasteiger partial charge in [0.15, 0.2) is 0 Å². The number of Topliss-reactive ketones (excluding diaryl/α,β-unsaturated/α-hetero) is 1. The number of allylic oxidation sites excluding steroid dienone is 1. The Bertz CT molecular complexity index is 1300. The van der Waals surface area contributed by atoms with Gasteiger partial charge in [-0.05, 0) is 69.5 Å². The zero-order valence-corrected chi connectivity index (χ0v) is 22.1. The predicted octanol–water partition coefficient (Wildman–Crippen LogP) is 7.45. The van der Waals surface area contributed by atoms with Gasteiger partial charge in [-0.15, -0.1) is 0 Å². The molecule has 0 heterocycles. The van der Waals surface area contributed by atoms with E-state index in [1.54, 1.807) is 0 Å². The molecule has 4 rings (SSSR count). The molecule has 1 aliphatic carbocycles. The van der Waals surface area contributed by atoms with Crippen LogP contribution in [-0.4, -0.2) is 11.8 Å². The van der Waals surface area contributed by atoms with Crippen molar-refractivity contribution in [2.45, 2.75) is 71.3 Å². The molecule has 3 aromatic carbocycles. The van der Waals surface area contributed by atoms with Gasteiger partial charge in [-0.1, -0.05) is 107 Å². The Labute approximate surface area is 215 Å². The first-order chi connectivity index (χ1) is 17.0. The normalized spacial score (nSPS) is 16.2. The lowest BCUT2D eigenvalue weighted by atomic mass is 9.63. The van der Waals surface area contributed by atoms with Gasteiger partial charge in [-0.3, -0.25) is 4.79 Å². The highest BCUT2D eigenvalue weighted by Crippen LogP contribution is 2.46. The van der Waals surface area contributed by atoms with Crippen LogP contribution in [0.15, 0.2) is 72.8 Å². The van der Waals surface area contributed by atoms with Gasteiger partial charge in [-0.2, -0.15) is 0 Å².